The highest BCUT2D eigenvalue weighted by Gasteiger charge is 2.17. The number of pyridine rings is 1. The maximum atomic E-state index is 11.7. The molecule has 104 valence electrons. The van der Waals surface area contributed by atoms with Crippen LogP contribution >= 0.6 is 0 Å². The van der Waals surface area contributed by atoms with Crippen molar-refractivity contribution in [3.05, 3.63) is 24.0 Å². The lowest BCUT2D eigenvalue weighted by atomic mass is 9.90. The second-order valence-electron chi connectivity index (χ2n) is 5.03. The summed E-state index contributed by atoms with van der Waals surface area (Å²) in [4.78, 5) is 26.4. The molecule has 6 nitrogen and oxygen atoms in total. The molecule has 1 aromatic heterocycles. The molecule has 0 bridgehead atoms. The summed E-state index contributed by atoms with van der Waals surface area (Å²) in [5, 5.41) is 14.2. The van der Waals surface area contributed by atoms with Crippen LogP contribution in [0.25, 0.3) is 0 Å². The molecule has 19 heavy (non-hydrogen) atoms. The molecule has 0 radical (unpaired) electrons. The van der Waals surface area contributed by atoms with Crippen molar-refractivity contribution >= 4 is 17.7 Å². The molecule has 0 aliphatic carbocycles. The number of amides is 2. The predicted octanol–water partition coefficient (Wildman–Crippen LogP) is 2.34. The van der Waals surface area contributed by atoms with Gasteiger partial charge in [0.15, 0.2) is 5.69 Å². The van der Waals surface area contributed by atoms with E-state index < -0.39 is 12.0 Å². The third-order valence-electron chi connectivity index (χ3n) is 2.94. The van der Waals surface area contributed by atoms with Crippen molar-refractivity contribution in [2.45, 2.75) is 27.2 Å². The molecule has 1 rings (SSSR count). The lowest BCUT2D eigenvalue weighted by molar-refractivity contribution is 0.0691. The molecule has 0 aromatic carbocycles. The monoisotopic (exact) mass is 265 g/mol. The van der Waals surface area contributed by atoms with Gasteiger partial charge in [-0.05, 0) is 24.0 Å². The highest BCUT2D eigenvalue weighted by molar-refractivity contribution is 5.98. The van der Waals surface area contributed by atoms with Crippen LogP contribution in [0.15, 0.2) is 18.3 Å². The van der Waals surface area contributed by atoms with Crippen LogP contribution in [0.2, 0.25) is 0 Å². The Labute approximate surface area is 112 Å². The maximum Gasteiger partial charge on any atom is 0.356 e. The summed E-state index contributed by atoms with van der Waals surface area (Å²) in [6.07, 6.45) is 2.30. The van der Waals surface area contributed by atoms with Gasteiger partial charge in [-0.2, -0.15) is 0 Å². The molecule has 0 atom stereocenters. The van der Waals surface area contributed by atoms with Crippen LogP contribution in [-0.4, -0.2) is 28.6 Å². The molecule has 0 spiro atoms. The van der Waals surface area contributed by atoms with Gasteiger partial charge in [-0.3, -0.25) is 0 Å². The molecular formula is C13H19N3O3. The molecule has 2 amide bonds. The van der Waals surface area contributed by atoms with Crippen molar-refractivity contribution in [3.8, 4) is 0 Å². The number of nitrogens with zero attached hydrogens (tertiary/aromatic N) is 1. The highest BCUT2D eigenvalue weighted by atomic mass is 16.4. The number of anilines is 1. The van der Waals surface area contributed by atoms with Crippen molar-refractivity contribution in [1.82, 2.24) is 10.3 Å². The number of carboxylic acid groups (broad SMARTS) is 1. The molecule has 0 saturated heterocycles. The number of rotatable bonds is 5. The van der Waals surface area contributed by atoms with Gasteiger partial charge < -0.3 is 15.7 Å². The van der Waals surface area contributed by atoms with E-state index in [1.165, 1.54) is 12.3 Å². The quantitative estimate of drug-likeness (QED) is 0.762. The van der Waals surface area contributed by atoms with E-state index in [1.807, 2.05) is 20.8 Å². The van der Waals surface area contributed by atoms with Crippen LogP contribution in [0, 0.1) is 5.41 Å². The van der Waals surface area contributed by atoms with Crippen LogP contribution in [0.3, 0.4) is 0 Å². The smallest absolute Gasteiger partial charge is 0.356 e. The first-order valence-electron chi connectivity index (χ1n) is 6.09. The van der Waals surface area contributed by atoms with Gasteiger partial charge in [0.1, 0.15) is 0 Å². The van der Waals surface area contributed by atoms with Crippen LogP contribution < -0.4 is 10.6 Å². The molecule has 0 saturated carbocycles. The second kappa shape index (κ2) is 6.17. The third kappa shape index (κ3) is 4.57. The number of carbonyl (C=O) groups excluding carboxylic acids is 1. The normalized spacial score (nSPS) is 10.9. The standard InChI is InChI=1S/C13H19N3O3/c1-4-13(2,3)8-15-12(19)16-9-6-5-7-14-10(9)11(17)18/h5-7H,4,8H2,1-3H3,(H,17,18)(H2,15,16,19). The van der Waals surface area contributed by atoms with E-state index in [-0.39, 0.29) is 16.8 Å². The maximum absolute atomic E-state index is 11.7. The fraction of sp³-hybridized carbons (Fsp3) is 0.462. The van der Waals surface area contributed by atoms with E-state index in [9.17, 15) is 9.59 Å². The Bertz CT molecular complexity index is 472. The summed E-state index contributed by atoms with van der Waals surface area (Å²) in [5.74, 6) is -1.18. The number of carboxylic acids is 1. The Morgan fingerprint density at radius 3 is 2.68 bits per heavy atom. The van der Waals surface area contributed by atoms with Crippen molar-refractivity contribution in [3.63, 3.8) is 0 Å². The average molecular weight is 265 g/mol. The minimum atomic E-state index is -1.18. The molecule has 6 heteroatoms. The summed E-state index contributed by atoms with van der Waals surface area (Å²) in [6, 6.07) is 2.64. The van der Waals surface area contributed by atoms with E-state index in [0.717, 1.165) is 6.42 Å². The van der Waals surface area contributed by atoms with Gasteiger partial charge in [-0.15, -0.1) is 0 Å². The van der Waals surface area contributed by atoms with Crippen LogP contribution in [0.5, 0.6) is 0 Å². The summed E-state index contributed by atoms with van der Waals surface area (Å²) in [6.45, 7) is 6.64. The predicted molar refractivity (Wildman–Crippen MR) is 72.3 cm³/mol. The SMILES string of the molecule is CCC(C)(C)CNC(=O)Nc1cccnc1C(=O)O. The average Bonchev–Trinajstić information content (AvgIpc) is 2.37. The Morgan fingerprint density at radius 2 is 2.11 bits per heavy atom. The van der Waals surface area contributed by atoms with Gasteiger partial charge in [-0.1, -0.05) is 20.8 Å². The lowest BCUT2D eigenvalue weighted by Crippen LogP contribution is -2.36. The fourth-order valence-corrected chi connectivity index (χ4v) is 1.29. The van der Waals surface area contributed by atoms with Gasteiger partial charge in [0.25, 0.3) is 0 Å². The molecule has 1 aromatic rings. The first-order chi connectivity index (χ1) is 8.85. The molecule has 0 unspecified atom stereocenters. The number of hydrogen-bond acceptors (Lipinski definition) is 3. The Hall–Kier alpha value is -2.11. The molecule has 3 N–H and O–H groups in total. The molecular weight excluding hydrogens is 246 g/mol. The van der Waals surface area contributed by atoms with Gasteiger partial charge in [0.05, 0.1) is 5.69 Å². The van der Waals surface area contributed by atoms with Crippen molar-refractivity contribution in [2.24, 2.45) is 5.41 Å². The zero-order valence-electron chi connectivity index (χ0n) is 11.4. The first-order valence-corrected chi connectivity index (χ1v) is 6.09. The third-order valence-corrected chi connectivity index (χ3v) is 2.94. The van der Waals surface area contributed by atoms with E-state index in [2.05, 4.69) is 15.6 Å². The largest absolute Gasteiger partial charge is 0.476 e. The number of hydrogen-bond donors (Lipinski definition) is 3. The molecule has 0 aliphatic heterocycles. The molecule has 0 aliphatic rings. The summed E-state index contributed by atoms with van der Waals surface area (Å²) in [5.41, 5.74) is 0.0104. The Morgan fingerprint density at radius 1 is 1.42 bits per heavy atom. The van der Waals surface area contributed by atoms with Crippen LogP contribution in [0.4, 0.5) is 10.5 Å². The summed E-state index contributed by atoms with van der Waals surface area (Å²) in [7, 11) is 0. The zero-order chi connectivity index (χ0) is 14.5. The summed E-state index contributed by atoms with van der Waals surface area (Å²) >= 11 is 0. The number of carbonyl (C=O) groups is 2. The van der Waals surface area contributed by atoms with Crippen LogP contribution in [0.1, 0.15) is 37.7 Å². The Balaban J connectivity index is 2.65. The highest BCUT2D eigenvalue weighted by Crippen LogP contribution is 2.18. The van der Waals surface area contributed by atoms with Gasteiger partial charge in [-0.25, -0.2) is 14.6 Å². The number of nitrogens with one attached hydrogen (secondary N) is 2. The van der Waals surface area contributed by atoms with E-state index >= 15 is 0 Å². The van der Waals surface area contributed by atoms with Gasteiger partial charge in [0.2, 0.25) is 0 Å². The zero-order valence-corrected chi connectivity index (χ0v) is 11.4. The van der Waals surface area contributed by atoms with Gasteiger partial charge in [0, 0.05) is 12.7 Å². The van der Waals surface area contributed by atoms with E-state index in [0.29, 0.717) is 6.54 Å². The molecule has 0 fully saturated rings. The van der Waals surface area contributed by atoms with Crippen molar-refractivity contribution in [1.29, 1.82) is 0 Å². The number of aromatic carboxylic acids is 1. The number of aromatic nitrogens is 1. The second-order valence-corrected chi connectivity index (χ2v) is 5.03. The lowest BCUT2D eigenvalue weighted by Gasteiger charge is -2.22. The topological polar surface area (TPSA) is 91.3 Å². The first kappa shape index (κ1) is 14.9. The minimum absolute atomic E-state index is 0.00189. The van der Waals surface area contributed by atoms with E-state index in [4.69, 9.17) is 5.11 Å². The minimum Gasteiger partial charge on any atom is -0.476 e. The van der Waals surface area contributed by atoms with E-state index in [1.54, 1.807) is 6.07 Å². The fourth-order valence-electron chi connectivity index (χ4n) is 1.29. The number of urea groups is 1. The Kier molecular flexibility index (Phi) is 4.86. The molecule has 1 heterocycles. The van der Waals surface area contributed by atoms with Crippen molar-refractivity contribution < 1.29 is 14.7 Å². The van der Waals surface area contributed by atoms with Crippen LogP contribution in [-0.2, 0) is 0 Å². The summed E-state index contributed by atoms with van der Waals surface area (Å²) < 4.78 is 0. The van der Waals surface area contributed by atoms with Crippen molar-refractivity contribution in [2.75, 3.05) is 11.9 Å². The van der Waals surface area contributed by atoms with Gasteiger partial charge >= 0.3 is 12.0 Å².